The summed E-state index contributed by atoms with van der Waals surface area (Å²) < 4.78 is 26.4. The van der Waals surface area contributed by atoms with Crippen molar-refractivity contribution in [1.29, 1.82) is 0 Å². The smallest absolute Gasteiger partial charge is 0.462 e. The zero-order chi connectivity index (χ0) is 40.0. The Morgan fingerprint density at radius 1 is 0.759 bits per heavy atom. The molecule has 1 saturated carbocycles. The molecule has 0 amide bonds. The number of aliphatic hydroxyl groups is 3. The van der Waals surface area contributed by atoms with Gasteiger partial charge in [0.1, 0.15) is 6.61 Å². The molecular weight excluding hydrogens is 711 g/mol. The predicted molar refractivity (Wildman–Crippen MR) is 213 cm³/mol. The summed E-state index contributed by atoms with van der Waals surface area (Å²) in [6.45, 7) is 5.68. The van der Waals surface area contributed by atoms with E-state index in [4.69, 9.17) is 19.3 Å². The van der Waals surface area contributed by atoms with Crippen LogP contribution in [0.15, 0.2) is 24.3 Å². The van der Waals surface area contributed by atoms with Crippen molar-refractivity contribution in [3.05, 3.63) is 24.3 Å². The third-order valence-corrected chi connectivity index (χ3v) is 11.1. The van der Waals surface area contributed by atoms with Gasteiger partial charge in [0.25, 0.3) is 0 Å². The lowest BCUT2D eigenvalue weighted by atomic mass is 9.89. The van der Waals surface area contributed by atoms with Crippen LogP contribution in [0.1, 0.15) is 175 Å². The lowest BCUT2D eigenvalue weighted by molar-refractivity contribution is -0.160. The summed E-state index contributed by atoms with van der Waals surface area (Å²) in [5.41, 5.74) is 0. The number of carbonyl (C=O) groups is 2. The van der Waals surface area contributed by atoms with Crippen LogP contribution in [0.5, 0.6) is 0 Å². The highest BCUT2D eigenvalue weighted by Gasteiger charge is 2.39. The molecule has 1 aliphatic rings. The van der Waals surface area contributed by atoms with Crippen LogP contribution in [0.3, 0.4) is 0 Å². The Hall–Kier alpha value is -1.59. The van der Waals surface area contributed by atoms with E-state index in [-0.39, 0.29) is 31.1 Å². The van der Waals surface area contributed by atoms with Gasteiger partial charge in [-0.1, -0.05) is 161 Å². The topological polar surface area (TPSA) is 180 Å². The number of esters is 2. The molecule has 12 heteroatoms. The van der Waals surface area contributed by atoms with Gasteiger partial charge in [-0.3, -0.25) is 14.1 Å². The number of hydrogen-bond acceptors (Lipinski definition) is 9. The van der Waals surface area contributed by atoms with Crippen molar-refractivity contribution in [2.75, 3.05) is 13.2 Å². The van der Waals surface area contributed by atoms with Crippen molar-refractivity contribution in [3.8, 4) is 0 Å². The normalized spacial score (nSPS) is 20.8. The SMILES string of the molecule is CCCCC[C@@H](O)/C=C/[C@@H]1[C@H](C/C=C\CC(=O)O[C@H](COC(=O)CCCCCCCCCCCCCCCCC(C)CC)COP(=O)(O)O)[C@@H](O)C[C@H]1O. The molecule has 1 aliphatic carbocycles. The van der Waals surface area contributed by atoms with Crippen LogP contribution in [-0.2, 0) is 28.2 Å². The van der Waals surface area contributed by atoms with E-state index in [2.05, 4.69) is 25.3 Å². The van der Waals surface area contributed by atoms with Crippen LogP contribution in [0.2, 0.25) is 0 Å². The minimum Gasteiger partial charge on any atom is -0.462 e. The Morgan fingerprint density at radius 3 is 1.91 bits per heavy atom. The molecule has 7 atom stereocenters. The Kier molecular flexibility index (Phi) is 29.4. The number of allylic oxidation sites excluding steroid dienone is 1. The molecule has 1 rings (SSSR count). The first-order valence-electron chi connectivity index (χ1n) is 21.3. The molecule has 0 saturated heterocycles. The van der Waals surface area contributed by atoms with Gasteiger partial charge in [0.05, 0.1) is 31.3 Å². The van der Waals surface area contributed by atoms with Gasteiger partial charge in [0.2, 0.25) is 0 Å². The van der Waals surface area contributed by atoms with E-state index in [0.29, 0.717) is 19.3 Å². The van der Waals surface area contributed by atoms with Crippen molar-refractivity contribution in [3.63, 3.8) is 0 Å². The van der Waals surface area contributed by atoms with Crippen LogP contribution in [0, 0.1) is 17.8 Å². The third-order valence-electron chi connectivity index (χ3n) is 10.6. The molecule has 11 nitrogen and oxygen atoms in total. The highest BCUT2D eigenvalue weighted by atomic mass is 31.2. The molecule has 5 N–H and O–H groups in total. The van der Waals surface area contributed by atoms with E-state index in [9.17, 15) is 29.5 Å². The summed E-state index contributed by atoms with van der Waals surface area (Å²) in [6, 6.07) is 0. The zero-order valence-corrected chi connectivity index (χ0v) is 34.8. The van der Waals surface area contributed by atoms with Gasteiger partial charge in [0.15, 0.2) is 6.10 Å². The van der Waals surface area contributed by atoms with E-state index in [1.165, 1.54) is 77.0 Å². The van der Waals surface area contributed by atoms with E-state index < -0.39 is 57.4 Å². The lowest BCUT2D eigenvalue weighted by Gasteiger charge is -2.20. The quantitative estimate of drug-likeness (QED) is 0.0182. The first-order valence-corrected chi connectivity index (χ1v) is 22.8. The second kappa shape index (κ2) is 31.5. The van der Waals surface area contributed by atoms with E-state index in [0.717, 1.165) is 44.4 Å². The number of carbonyl (C=O) groups excluding carboxylic acids is 2. The van der Waals surface area contributed by atoms with Crippen LogP contribution >= 0.6 is 7.82 Å². The number of phosphoric ester groups is 1. The molecule has 54 heavy (non-hydrogen) atoms. The number of aliphatic hydroxyl groups excluding tert-OH is 3. The fourth-order valence-electron chi connectivity index (χ4n) is 6.97. The number of hydrogen-bond donors (Lipinski definition) is 5. The van der Waals surface area contributed by atoms with Crippen molar-refractivity contribution in [2.45, 2.75) is 199 Å². The van der Waals surface area contributed by atoms with E-state index in [1.54, 1.807) is 24.3 Å². The molecule has 0 aromatic rings. The highest BCUT2D eigenvalue weighted by molar-refractivity contribution is 7.46. The molecule has 0 bridgehead atoms. The van der Waals surface area contributed by atoms with Crippen LogP contribution in [0.25, 0.3) is 0 Å². The Morgan fingerprint density at radius 2 is 1.33 bits per heavy atom. The van der Waals surface area contributed by atoms with Crippen LogP contribution in [0.4, 0.5) is 0 Å². The summed E-state index contributed by atoms with van der Waals surface area (Å²) in [5.74, 6) is -0.944. The molecule has 0 spiro atoms. The van der Waals surface area contributed by atoms with Gasteiger partial charge in [-0.15, -0.1) is 0 Å². The molecular formula is C42H77O11P. The van der Waals surface area contributed by atoms with Gasteiger partial charge in [-0.25, -0.2) is 4.57 Å². The maximum atomic E-state index is 12.5. The monoisotopic (exact) mass is 789 g/mol. The highest BCUT2D eigenvalue weighted by Crippen LogP contribution is 2.37. The maximum Gasteiger partial charge on any atom is 0.469 e. The molecule has 0 radical (unpaired) electrons. The van der Waals surface area contributed by atoms with Crippen molar-refractivity contribution >= 4 is 19.8 Å². The number of rotatable bonds is 34. The van der Waals surface area contributed by atoms with Crippen molar-refractivity contribution in [2.24, 2.45) is 17.8 Å². The van der Waals surface area contributed by atoms with Gasteiger partial charge < -0.3 is 34.6 Å². The average molecular weight is 789 g/mol. The minimum atomic E-state index is -4.85. The fourth-order valence-corrected chi connectivity index (χ4v) is 7.33. The van der Waals surface area contributed by atoms with Crippen LogP contribution in [-0.4, -0.2) is 74.7 Å². The molecule has 1 fully saturated rings. The Bertz CT molecular complexity index is 1060. The Balaban J connectivity index is 2.30. The molecule has 0 heterocycles. The van der Waals surface area contributed by atoms with Gasteiger partial charge in [-0.2, -0.15) is 0 Å². The largest absolute Gasteiger partial charge is 0.469 e. The van der Waals surface area contributed by atoms with E-state index in [1.807, 2.05) is 0 Å². The van der Waals surface area contributed by atoms with Gasteiger partial charge >= 0.3 is 19.8 Å². The Labute approximate surface area is 327 Å². The molecule has 0 aliphatic heterocycles. The first kappa shape index (κ1) is 50.4. The van der Waals surface area contributed by atoms with Gasteiger partial charge in [-0.05, 0) is 31.1 Å². The summed E-state index contributed by atoms with van der Waals surface area (Å²) >= 11 is 0. The maximum absolute atomic E-state index is 12.5. The predicted octanol–water partition coefficient (Wildman–Crippen LogP) is 9.03. The molecule has 316 valence electrons. The second-order valence-corrected chi connectivity index (χ2v) is 16.8. The number of phosphoric acid groups is 1. The summed E-state index contributed by atoms with van der Waals surface area (Å²) in [4.78, 5) is 43.1. The van der Waals surface area contributed by atoms with Gasteiger partial charge in [0, 0.05) is 18.8 Å². The minimum absolute atomic E-state index is 0.166. The van der Waals surface area contributed by atoms with Crippen LogP contribution < -0.4 is 0 Å². The lowest BCUT2D eigenvalue weighted by Crippen LogP contribution is -2.29. The molecule has 0 aromatic heterocycles. The molecule has 1 unspecified atom stereocenters. The number of unbranched alkanes of at least 4 members (excludes halogenated alkanes) is 15. The summed E-state index contributed by atoms with van der Waals surface area (Å²) in [6.07, 6.45) is 27.4. The standard InChI is InChI=1S/C42H77O11P/c1-4-6-19-25-35(43)29-30-38-37(39(44)31-40(38)45)26-22-23-28-42(47)53-36(33-52-54(48,49)50)32-51-41(46)27-21-18-16-14-12-10-8-7-9-11-13-15-17-20-24-34(3)5-2/h22-23,29-30,34-40,43-45H,4-21,24-28,31-33H2,1-3H3,(H2,48,49,50)/b23-22-,30-29+/t34?,35-,36-,37+,38-,39+,40-/m1/s1. The second-order valence-electron chi connectivity index (χ2n) is 15.6. The third kappa shape index (κ3) is 27.1. The molecule has 0 aromatic carbocycles. The average Bonchev–Trinajstić information content (AvgIpc) is 3.40. The fraction of sp³-hybridized carbons (Fsp3) is 0.857. The summed E-state index contributed by atoms with van der Waals surface area (Å²) in [7, 11) is -4.85. The zero-order valence-electron chi connectivity index (χ0n) is 33.9. The van der Waals surface area contributed by atoms with Crippen molar-refractivity contribution in [1.82, 2.24) is 0 Å². The van der Waals surface area contributed by atoms with E-state index >= 15 is 0 Å². The number of ether oxygens (including phenoxy) is 2. The first-order chi connectivity index (χ1) is 25.9. The van der Waals surface area contributed by atoms with Crippen molar-refractivity contribution < 1.29 is 53.3 Å². The summed E-state index contributed by atoms with van der Waals surface area (Å²) in [5, 5.41) is 31.2.